The first-order chi connectivity index (χ1) is 12.5. The second kappa shape index (κ2) is 8.92. The third-order valence-corrected chi connectivity index (χ3v) is 4.26. The lowest BCUT2D eigenvalue weighted by molar-refractivity contribution is 0.617. The molecule has 1 aromatic heterocycles. The Morgan fingerprint density at radius 2 is 2.12 bits per heavy atom. The molecule has 0 radical (unpaired) electrons. The smallest absolute Gasteiger partial charge is 0.189 e. The number of benzene rings is 1. The van der Waals surface area contributed by atoms with Gasteiger partial charge in [-0.2, -0.15) is 0 Å². The summed E-state index contributed by atoms with van der Waals surface area (Å²) in [6.07, 6.45) is 9.01. The highest BCUT2D eigenvalue weighted by Crippen LogP contribution is 2.29. The molecule has 0 aliphatic rings. The van der Waals surface area contributed by atoms with E-state index in [-0.39, 0.29) is 0 Å². The van der Waals surface area contributed by atoms with Crippen LogP contribution in [0.1, 0.15) is 5.56 Å². The first kappa shape index (κ1) is 19.3. The summed E-state index contributed by atoms with van der Waals surface area (Å²) in [7, 11) is 1.91. The second-order valence-electron chi connectivity index (χ2n) is 5.41. The Morgan fingerprint density at radius 1 is 1.35 bits per heavy atom. The van der Waals surface area contributed by atoms with Crippen LogP contribution < -0.4 is 11.1 Å². The van der Waals surface area contributed by atoms with E-state index in [2.05, 4.69) is 35.0 Å². The Hall–Kier alpha value is -2.99. The standard InChI is InChI=1S/C20H23N5S/c1-6-9-17(7-2)25(4)14(3)18-13-22-20(26-5)24-19(18)23-16-11-8-10-15(21)12-16/h6-13H,1-3,21H2,4-5H3,(H,22,23,24)/b17-9+. The van der Waals surface area contributed by atoms with E-state index in [1.807, 2.05) is 48.5 Å². The van der Waals surface area contributed by atoms with Crippen molar-refractivity contribution in [2.45, 2.75) is 5.16 Å². The summed E-state index contributed by atoms with van der Waals surface area (Å²) in [4.78, 5) is 10.9. The first-order valence-corrected chi connectivity index (χ1v) is 9.14. The fraction of sp³-hybridized carbons (Fsp3) is 0.100. The van der Waals surface area contributed by atoms with E-state index in [1.54, 1.807) is 18.3 Å². The molecular formula is C20H23N5S. The van der Waals surface area contributed by atoms with Crippen molar-refractivity contribution >= 4 is 34.7 Å². The maximum absolute atomic E-state index is 5.87. The van der Waals surface area contributed by atoms with Crippen molar-refractivity contribution in [2.24, 2.45) is 0 Å². The Morgan fingerprint density at radius 3 is 2.73 bits per heavy atom. The van der Waals surface area contributed by atoms with Gasteiger partial charge in [0.2, 0.25) is 0 Å². The molecule has 1 heterocycles. The Labute approximate surface area is 159 Å². The number of thioether (sulfide) groups is 1. The molecule has 6 heteroatoms. The average Bonchev–Trinajstić information content (AvgIpc) is 2.65. The zero-order valence-electron chi connectivity index (χ0n) is 15.1. The van der Waals surface area contributed by atoms with Crippen molar-refractivity contribution in [3.05, 3.63) is 79.7 Å². The molecule has 2 aromatic rings. The molecule has 0 saturated heterocycles. The van der Waals surface area contributed by atoms with Crippen molar-refractivity contribution in [1.82, 2.24) is 14.9 Å². The van der Waals surface area contributed by atoms with Crippen LogP contribution in [0.3, 0.4) is 0 Å². The zero-order valence-corrected chi connectivity index (χ0v) is 15.9. The van der Waals surface area contributed by atoms with Gasteiger partial charge in [-0.3, -0.25) is 0 Å². The number of nitrogens with zero attached hydrogens (tertiary/aromatic N) is 3. The van der Waals surface area contributed by atoms with Gasteiger partial charge in [-0.25, -0.2) is 9.97 Å². The molecule has 5 nitrogen and oxygen atoms in total. The molecule has 0 spiro atoms. The molecule has 0 saturated carbocycles. The van der Waals surface area contributed by atoms with Gasteiger partial charge in [0.1, 0.15) is 5.82 Å². The molecule has 2 rings (SSSR count). The molecular weight excluding hydrogens is 342 g/mol. The van der Waals surface area contributed by atoms with Gasteiger partial charge in [0, 0.05) is 36.0 Å². The number of allylic oxidation sites excluding steroid dienone is 3. The normalized spacial score (nSPS) is 10.9. The molecule has 26 heavy (non-hydrogen) atoms. The van der Waals surface area contributed by atoms with Crippen molar-refractivity contribution in [2.75, 3.05) is 24.4 Å². The van der Waals surface area contributed by atoms with Gasteiger partial charge in [0.25, 0.3) is 0 Å². The number of likely N-dealkylation sites (N-methyl/N-ethyl adjacent to an activating group) is 1. The van der Waals surface area contributed by atoms with E-state index in [0.29, 0.717) is 16.7 Å². The van der Waals surface area contributed by atoms with Crippen LogP contribution in [-0.4, -0.2) is 28.2 Å². The summed E-state index contributed by atoms with van der Waals surface area (Å²) in [5, 5.41) is 3.98. The van der Waals surface area contributed by atoms with E-state index in [1.165, 1.54) is 11.8 Å². The van der Waals surface area contributed by atoms with Crippen LogP contribution in [-0.2, 0) is 0 Å². The highest BCUT2D eigenvalue weighted by atomic mass is 32.2. The third-order valence-electron chi connectivity index (χ3n) is 3.70. The number of hydrogen-bond acceptors (Lipinski definition) is 6. The van der Waals surface area contributed by atoms with Crippen LogP contribution in [0.25, 0.3) is 5.70 Å². The Balaban J connectivity index is 2.44. The first-order valence-electron chi connectivity index (χ1n) is 7.92. The number of anilines is 3. The second-order valence-corrected chi connectivity index (χ2v) is 6.18. The predicted octanol–water partition coefficient (Wildman–Crippen LogP) is 4.68. The summed E-state index contributed by atoms with van der Waals surface area (Å²) in [6.45, 7) is 11.8. The quantitative estimate of drug-likeness (QED) is 0.306. The maximum Gasteiger partial charge on any atom is 0.189 e. The number of rotatable bonds is 8. The van der Waals surface area contributed by atoms with E-state index in [9.17, 15) is 0 Å². The molecule has 0 aliphatic heterocycles. The third kappa shape index (κ3) is 4.55. The molecule has 0 fully saturated rings. The summed E-state index contributed by atoms with van der Waals surface area (Å²) in [5.41, 5.74) is 9.78. The number of nitrogens with two attached hydrogens (primary N) is 1. The molecule has 0 atom stereocenters. The number of nitrogens with one attached hydrogen (secondary N) is 1. The summed E-state index contributed by atoms with van der Waals surface area (Å²) in [5.74, 6) is 0.661. The Bertz CT molecular complexity index is 857. The van der Waals surface area contributed by atoms with Crippen LogP contribution in [0.5, 0.6) is 0 Å². The van der Waals surface area contributed by atoms with E-state index in [0.717, 1.165) is 22.6 Å². The number of aromatic nitrogens is 2. The molecule has 0 aliphatic carbocycles. The molecule has 134 valence electrons. The summed E-state index contributed by atoms with van der Waals surface area (Å²) >= 11 is 1.47. The highest BCUT2D eigenvalue weighted by molar-refractivity contribution is 7.98. The highest BCUT2D eigenvalue weighted by Gasteiger charge is 2.15. The zero-order chi connectivity index (χ0) is 19.1. The van der Waals surface area contributed by atoms with Gasteiger partial charge in [-0.05, 0) is 36.6 Å². The molecule has 3 N–H and O–H groups in total. The van der Waals surface area contributed by atoms with Gasteiger partial charge in [0.15, 0.2) is 5.16 Å². The van der Waals surface area contributed by atoms with Gasteiger partial charge < -0.3 is 16.0 Å². The lowest BCUT2D eigenvalue weighted by Crippen LogP contribution is -2.16. The fourth-order valence-electron chi connectivity index (χ4n) is 2.30. The van der Waals surface area contributed by atoms with E-state index < -0.39 is 0 Å². The SMILES string of the molecule is C=C/C=C(\C=C)N(C)C(=C)c1cnc(SC)nc1Nc1cccc(N)c1. The van der Waals surface area contributed by atoms with Crippen LogP contribution in [0, 0.1) is 0 Å². The van der Waals surface area contributed by atoms with Gasteiger partial charge in [0.05, 0.1) is 5.56 Å². The fourth-order valence-corrected chi connectivity index (χ4v) is 2.64. The lowest BCUT2D eigenvalue weighted by Gasteiger charge is -2.24. The predicted molar refractivity (Wildman–Crippen MR) is 113 cm³/mol. The van der Waals surface area contributed by atoms with E-state index in [4.69, 9.17) is 5.73 Å². The topological polar surface area (TPSA) is 67.1 Å². The van der Waals surface area contributed by atoms with Crippen molar-refractivity contribution in [3.8, 4) is 0 Å². The van der Waals surface area contributed by atoms with Crippen molar-refractivity contribution in [3.63, 3.8) is 0 Å². The number of hydrogen-bond donors (Lipinski definition) is 2. The van der Waals surface area contributed by atoms with Crippen LogP contribution >= 0.6 is 11.8 Å². The molecule has 1 aromatic carbocycles. The summed E-state index contributed by atoms with van der Waals surface area (Å²) < 4.78 is 0. The van der Waals surface area contributed by atoms with Gasteiger partial charge >= 0.3 is 0 Å². The minimum atomic E-state index is 0.661. The Kier molecular flexibility index (Phi) is 6.63. The average molecular weight is 366 g/mol. The largest absolute Gasteiger partial charge is 0.399 e. The van der Waals surface area contributed by atoms with Crippen LogP contribution in [0.4, 0.5) is 17.2 Å². The van der Waals surface area contributed by atoms with Crippen molar-refractivity contribution < 1.29 is 0 Å². The lowest BCUT2D eigenvalue weighted by atomic mass is 10.2. The number of nitrogen functional groups attached to an aromatic ring is 1. The van der Waals surface area contributed by atoms with Crippen LogP contribution in [0.2, 0.25) is 0 Å². The minimum Gasteiger partial charge on any atom is -0.399 e. The molecule has 0 unspecified atom stereocenters. The van der Waals surface area contributed by atoms with Gasteiger partial charge in [-0.1, -0.05) is 43.6 Å². The monoisotopic (exact) mass is 365 g/mol. The van der Waals surface area contributed by atoms with Gasteiger partial charge in [-0.15, -0.1) is 0 Å². The molecule has 0 amide bonds. The maximum atomic E-state index is 5.87. The van der Waals surface area contributed by atoms with Crippen molar-refractivity contribution in [1.29, 1.82) is 0 Å². The molecule has 0 bridgehead atoms. The van der Waals surface area contributed by atoms with E-state index >= 15 is 0 Å². The van der Waals surface area contributed by atoms with Crippen LogP contribution in [0.15, 0.2) is 79.3 Å². The minimum absolute atomic E-state index is 0.661. The summed E-state index contributed by atoms with van der Waals surface area (Å²) in [6, 6.07) is 7.50.